The molecule has 0 radical (unpaired) electrons. The molecule has 176 valence electrons. The van der Waals surface area contributed by atoms with Crippen molar-refractivity contribution in [1.29, 1.82) is 0 Å². The van der Waals surface area contributed by atoms with E-state index >= 15 is 0 Å². The maximum atomic E-state index is 12.8. The summed E-state index contributed by atoms with van der Waals surface area (Å²) in [4.78, 5) is 24.5. The van der Waals surface area contributed by atoms with Gasteiger partial charge in [-0.1, -0.05) is 18.2 Å². The summed E-state index contributed by atoms with van der Waals surface area (Å²) in [5, 5.41) is 10.8. The van der Waals surface area contributed by atoms with Gasteiger partial charge in [0.2, 0.25) is 5.91 Å². The number of benzene rings is 1. The molecule has 0 spiro atoms. The Bertz CT molecular complexity index is 1180. The van der Waals surface area contributed by atoms with E-state index in [0.717, 1.165) is 10.7 Å². The molecule has 1 N–H and O–H groups in total. The monoisotopic (exact) mass is 463 g/mol. The SMILES string of the molecule is COC(=O)c1ccccc1Cn1nc(C)c(NC(=O)CCn2nc(C(F)(F)F)cc2C)c1C. The quantitative estimate of drug-likeness (QED) is 0.537. The maximum absolute atomic E-state index is 12.8. The second-order valence-corrected chi connectivity index (χ2v) is 7.54. The van der Waals surface area contributed by atoms with Crippen LogP contribution in [0.15, 0.2) is 30.3 Å². The van der Waals surface area contributed by atoms with Crippen molar-refractivity contribution >= 4 is 17.6 Å². The molecule has 11 heteroatoms. The average Bonchev–Trinajstić information content (AvgIpc) is 3.26. The van der Waals surface area contributed by atoms with Gasteiger partial charge in [0.05, 0.1) is 36.3 Å². The zero-order valence-corrected chi connectivity index (χ0v) is 18.7. The van der Waals surface area contributed by atoms with Crippen molar-refractivity contribution in [2.45, 2.75) is 46.5 Å². The van der Waals surface area contributed by atoms with Crippen LogP contribution in [-0.4, -0.2) is 38.5 Å². The number of nitrogens with one attached hydrogen (secondary N) is 1. The van der Waals surface area contributed by atoms with Gasteiger partial charge in [0.25, 0.3) is 0 Å². The molecule has 0 fully saturated rings. The molecule has 0 aliphatic rings. The molecule has 8 nitrogen and oxygen atoms in total. The van der Waals surface area contributed by atoms with Crippen LogP contribution < -0.4 is 5.32 Å². The molecule has 33 heavy (non-hydrogen) atoms. The van der Waals surface area contributed by atoms with Gasteiger partial charge in [-0.3, -0.25) is 14.2 Å². The van der Waals surface area contributed by atoms with Gasteiger partial charge in [-0.2, -0.15) is 23.4 Å². The van der Waals surface area contributed by atoms with E-state index in [4.69, 9.17) is 4.74 Å². The lowest BCUT2D eigenvalue weighted by Crippen LogP contribution is -2.17. The van der Waals surface area contributed by atoms with Crippen LogP contribution in [-0.2, 0) is 28.8 Å². The maximum Gasteiger partial charge on any atom is 0.435 e. The summed E-state index contributed by atoms with van der Waals surface area (Å²) in [6.07, 6.45) is -4.59. The van der Waals surface area contributed by atoms with E-state index in [1.165, 1.54) is 14.0 Å². The summed E-state index contributed by atoms with van der Waals surface area (Å²) in [6.45, 7) is 5.32. The van der Waals surface area contributed by atoms with Gasteiger partial charge in [0.1, 0.15) is 0 Å². The number of alkyl halides is 3. The standard InChI is InChI=1S/C22H24F3N5O3/c1-13-11-18(22(23,24)25)28-29(13)10-9-19(31)26-20-14(2)27-30(15(20)3)12-16-7-5-6-8-17(16)21(32)33-4/h5-8,11H,9-10,12H2,1-4H3,(H,26,31). The molecule has 0 unspecified atom stereocenters. The highest BCUT2D eigenvalue weighted by Crippen LogP contribution is 2.28. The number of esters is 1. The van der Waals surface area contributed by atoms with Crippen LogP contribution in [0.3, 0.4) is 0 Å². The third-order valence-corrected chi connectivity index (χ3v) is 5.21. The first kappa shape index (κ1) is 24.0. The number of anilines is 1. The number of halogens is 3. The minimum absolute atomic E-state index is 0.00643. The zero-order valence-electron chi connectivity index (χ0n) is 18.7. The minimum atomic E-state index is -4.53. The van der Waals surface area contributed by atoms with E-state index in [2.05, 4.69) is 15.5 Å². The van der Waals surface area contributed by atoms with E-state index in [9.17, 15) is 22.8 Å². The van der Waals surface area contributed by atoms with Gasteiger partial charge in [-0.15, -0.1) is 0 Å². The number of methoxy groups -OCH3 is 1. The number of carbonyl (C=O) groups is 2. The topological polar surface area (TPSA) is 91.0 Å². The van der Waals surface area contributed by atoms with Crippen molar-refractivity contribution < 1.29 is 27.5 Å². The Morgan fingerprint density at radius 3 is 2.42 bits per heavy atom. The zero-order chi connectivity index (χ0) is 24.3. The van der Waals surface area contributed by atoms with Gasteiger partial charge in [-0.25, -0.2) is 4.79 Å². The third kappa shape index (κ3) is 5.41. The molecule has 0 atom stereocenters. The average molecular weight is 463 g/mol. The Labute approximate surface area is 188 Å². The highest BCUT2D eigenvalue weighted by molar-refractivity contribution is 5.92. The number of amides is 1. The van der Waals surface area contributed by atoms with Gasteiger partial charge in [0.15, 0.2) is 5.69 Å². The molecule has 0 saturated heterocycles. The van der Waals surface area contributed by atoms with Gasteiger partial charge >= 0.3 is 12.1 Å². The predicted molar refractivity (Wildman–Crippen MR) is 114 cm³/mol. The van der Waals surface area contributed by atoms with Crippen LogP contribution in [0.1, 0.15) is 45.1 Å². The smallest absolute Gasteiger partial charge is 0.435 e. The number of hydrogen-bond acceptors (Lipinski definition) is 5. The number of ether oxygens (including phenoxy) is 1. The van der Waals surface area contributed by atoms with Crippen molar-refractivity contribution in [2.24, 2.45) is 0 Å². The molecule has 0 aliphatic carbocycles. The van der Waals surface area contributed by atoms with Crippen LogP contribution in [0.5, 0.6) is 0 Å². The van der Waals surface area contributed by atoms with Crippen LogP contribution in [0.2, 0.25) is 0 Å². The second-order valence-electron chi connectivity index (χ2n) is 7.54. The number of aryl methyl sites for hydroxylation is 3. The molecule has 1 amide bonds. The van der Waals surface area contributed by atoms with Crippen LogP contribution in [0.4, 0.5) is 18.9 Å². The van der Waals surface area contributed by atoms with Crippen molar-refractivity contribution in [3.05, 3.63) is 64.2 Å². The van der Waals surface area contributed by atoms with E-state index in [1.54, 1.807) is 42.8 Å². The van der Waals surface area contributed by atoms with Crippen molar-refractivity contribution in [3.63, 3.8) is 0 Å². The predicted octanol–water partition coefficient (Wildman–Crippen LogP) is 3.89. The Balaban J connectivity index is 1.70. The first-order valence-corrected chi connectivity index (χ1v) is 10.1. The van der Waals surface area contributed by atoms with Crippen molar-refractivity contribution in [3.8, 4) is 0 Å². The lowest BCUT2D eigenvalue weighted by atomic mass is 10.1. The highest BCUT2D eigenvalue weighted by atomic mass is 19.4. The molecule has 3 aromatic rings. The van der Waals surface area contributed by atoms with Crippen molar-refractivity contribution in [1.82, 2.24) is 19.6 Å². The Hall–Kier alpha value is -3.63. The fourth-order valence-corrected chi connectivity index (χ4v) is 3.44. The molecular formula is C22H24F3N5O3. The number of carbonyl (C=O) groups excluding carboxylic acids is 2. The minimum Gasteiger partial charge on any atom is -0.465 e. The first-order valence-electron chi connectivity index (χ1n) is 10.1. The highest BCUT2D eigenvalue weighted by Gasteiger charge is 2.34. The van der Waals surface area contributed by atoms with Crippen LogP contribution in [0, 0.1) is 20.8 Å². The summed E-state index contributed by atoms with van der Waals surface area (Å²) in [5.74, 6) is -0.831. The van der Waals surface area contributed by atoms with E-state index in [1.807, 2.05) is 0 Å². The molecule has 0 aliphatic heterocycles. The lowest BCUT2D eigenvalue weighted by Gasteiger charge is -2.10. The molecule has 2 heterocycles. The summed E-state index contributed by atoms with van der Waals surface area (Å²) >= 11 is 0. The Morgan fingerprint density at radius 2 is 1.79 bits per heavy atom. The number of rotatable bonds is 7. The van der Waals surface area contributed by atoms with E-state index < -0.39 is 17.8 Å². The second kappa shape index (κ2) is 9.47. The summed E-state index contributed by atoms with van der Waals surface area (Å²) in [5.41, 5.74) is 2.23. The molecule has 2 aromatic heterocycles. The summed E-state index contributed by atoms with van der Waals surface area (Å²) < 4.78 is 46.1. The molecule has 0 saturated carbocycles. The number of nitrogens with zero attached hydrogens (tertiary/aromatic N) is 4. The Kier molecular flexibility index (Phi) is 6.89. The largest absolute Gasteiger partial charge is 0.465 e. The van der Waals surface area contributed by atoms with Gasteiger partial charge in [-0.05, 0) is 38.5 Å². The third-order valence-electron chi connectivity index (χ3n) is 5.21. The number of aromatic nitrogens is 4. The number of hydrogen-bond donors (Lipinski definition) is 1. The van der Waals surface area contributed by atoms with Gasteiger partial charge in [0, 0.05) is 18.7 Å². The van der Waals surface area contributed by atoms with Crippen LogP contribution in [0.25, 0.3) is 0 Å². The molecule has 3 rings (SSSR count). The fourth-order valence-electron chi connectivity index (χ4n) is 3.44. The lowest BCUT2D eigenvalue weighted by molar-refractivity contribution is -0.141. The van der Waals surface area contributed by atoms with Gasteiger partial charge < -0.3 is 10.1 Å². The molecular weight excluding hydrogens is 439 g/mol. The summed E-state index contributed by atoms with van der Waals surface area (Å²) in [7, 11) is 1.31. The molecule has 1 aromatic carbocycles. The summed E-state index contributed by atoms with van der Waals surface area (Å²) in [6, 6.07) is 7.95. The normalized spacial score (nSPS) is 11.5. The first-order chi connectivity index (χ1) is 15.5. The van der Waals surface area contributed by atoms with E-state index in [-0.39, 0.29) is 18.9 Å². The van der Waals surface area contributed by atoms with E-state index in [0.29, 0.717) is 40.4 Å². The fraction of sp³-hybridized carbons (Fsp3) is 0.364. The molecule has 0 bridgehead atoms. The van der Waals surface area contributed by atoms with Crippen LogP contribution >= 0.6 is 0 Å². The Morgan fingerprint density at radius 1 is 1.09 bits per heavy atom. The van der Waals surface area contributed by atoms with Crippen molar-refractivity contribution in [2.75, 3.05) is 12.4 Å².